The average Bonchev–Trinajstić information content (AvgIpc) is 2.43. The van der Waals surface area contributed by atoms with E-state index >= 15 is 0 Å². The molecule has 1 heterocycles. The Kier molecular flexibility index (Phi) is 5.10. The summed E-state index contributed by atoms with van der Waals surface area (Å²) in [5.41, 5.74) is 0. The Bertz CT molecular complexity index is 510. The van der Waals surface area contributed by atoms with Crippen molar-refractivity contribution in [3.63, 3.8) is 0 Å². The normalized spacial score (nSPS) is 30.9. The van der Waals surface area contributed by atoms with E-state index in [1.165, 1.54) is 0 Å². The summed E-state index contributed by atoms with van der Waals surface area (Å²) < 4.78 is 26.8. The summed E-state index contributed by atoms with van der Waals surface area (Å²) in [5.74, 6) is 0.730. The van der Waals surface area contributed by atoms with Crippen molar-refractivity contribution in [1.82, 2.24) is 4.31 Å². The fourth-order valence-electron chi connectivity index (χ4n) is 3.27. The second-order valence-electron chi connectivity index (χ2n) is 7.61. The van der Waals surface area contributed by atoms with Gasteiger partial charge in [0.15, 0.2) is 0 Å². The van der Waals surface area contributed by atoms with Crippen LogP contribution in [-0.2, 0) is 14.8 Å². The van der Waals surface area contributed by atoms with Crippen LogP contribution in [0.3, 0.4) is 0 Å². The number of rotatable bonds is 5. The number of hydrogen-bond donors (Lipinski definition) is 0. The fraction of sp³-hybridized carbons (Fsp3) is 0.800. The van der Waals surface area contributed by atoms with Gasteiger partial charge in [0.25, 0.3) is 0 Å². The number of allylic oxidation sites excluding steroid dienone is 2. The van der Waals surface area contributed by atoms with Crippen LogP contribution in [0.25, 0.3) is 0 Å². The van der Waals surface area contributed by atoms with Gasteiger partial charge in [0.2, 0.25) is 10.0 Å². The fourth-order valence-corrected chi connectivity index (χ4v) is 7.83. The molecule has 1 saturated heterocycles. The molecule has 0 aromatic heterocycles. The first-order valence-electron chi connectivity index (χ1n) is 7.81. The Morgan fingerprint density at radius 3 is 2.48 bits per heavy atom. The molecule has 21 heavy (non-hydrogen) atoms. The molecule has 1 aliphatic carbocycles. The number of fused-ring (bicyclic) bond motifs is 1. The molecule has 6 heteroatoms. The van der Waals surface area contributed by atoms with Gasteiger partial charge in [-0.15, -0.1) is 0 Å². The van der Waals surface area contributed by atoms with Crippen LogP contribution >= 0.6 is 0 Å². The summed E-state index contributed by atoms with van der Waals surface area (Å²) >= 11 is 0. The molecule has 0 radical (unpaired) electrons. The zero-order valence-electron chi connectivity index (χ0n) is 13.3. The van der Waals surface area contributed by atoms with E-state index in [4.69, 9.17) is 0 Å². The number of carbonyl (C=O) groups is 1. The third kappa shape index (κ3) is 4.26. The van der Waals surface area contributed by atoms with Gasteiger partial charge in [-0.25, -0.2) is 12.7 Å². The highest BCUT2D eigenvalue weighted by molar-refractivity contribution is 7.89. The van der Waals surface area contributed by atoms with Crippen LogP contribution in [0.2, 0.25) is 25.7 Å². The molecule has 120 valence electrons. The first kappa shape index (κ1) is 16.9. The van der Waals surface area contributed by atoms with Crippen LogP contribution in [0, 0.1) is 17.8 Å². The third-order valence-electron chi connectivity index (χ3n) is 4.70. The van der Waals surface area contributed by atoms with Crippen molar-refractivity contribution in [1.29, 1.82) is 0 Å². The second kappa shape index (κ2) is 6.34. The smallest absolute Gasteiger partial charge is 0.213 e. The molecule has 2 aliphatic rings. The Labute approximate surface area is 129 Å². The van der Waals surface area contributed by atoms with Crippen LogP contribution in [0.5, 0.6) is 0 Å². The molecule has 4 nitrogen and oxygen atoms in total. The molecule has 0 saturated carbocycles. The van der Waals surface area contributed by atoms with Crippen molar-refractivity contribution >= 4 is 24.4 Å². The Morgan fingerprint density at radius 2 is 1.86 bits per heavy atom. The van der Waals surface area contributed by atoms with E-state index in [-0.39, 0.29) is 11.7 Å². The maximum absolute atomic E-state index is 12.6. The molecule has 0 amide bonds. The molecule has 2 rings (SSSR count). The highest BCUT2D eigenvalue weighted by Crippen LogP contribution is 2.37. The van der Waals surface area contributed by atoms with Crippen molar-refractivity contribution in [2.45, 2.75) is 38.5 Å². The molecular formula is C15H27NO3SSi. The van der Waals surface area contributed by atoms with Gasteiger partial charge in [0.1, 0.15) is 6.29 Å². The standard InChI is InChI=1S/C15H27NO3SSi/c1-21(2,3)9-8-20(18,19)16-10-13-6-4-5-7-15(13)14(11-16)12-17/h4-5,12-15H,6-11H2,1-3H3/t13-,14?,15-/m1/s1. The molecule has 1 aliphatic heterocycles. The number of carbonyl (C=O) groups excluding carboxylic acids is 1. The van der Waals surface area contributed by atoms with E-state index in [0.717, 1.165) is 25.2 Å². The van der Waals surface area contributed by atoms with E-state index in [0.29, 0.717) is 24.9 Å². The largest absolute Gasteiger partial charge is 0.303 e. The summed E-state index contributed by atoms with van der Waals surface area (Å²) in [5, 5.41) is 0. The van der Waals surface area contributed by atoms with Crippen LogP contribution < -0.4 is 0 Å². The minimum absolute atomic E-state index is 0.143. The summed E-state index contributed by atoms with van der Waals surface area (Å²) in [6.45, 7) is 7.54. The Hall–Kier alpha value is -0.463. The lowest BCUT2D eigenvalue weighted by atomic mass is 9.73. The van der Waals surface area contributed by atoms with Gasteiger partial charge < -0.3 is 4.79 Å². The lowest BCUT2D eigenvalue weighted by Crippen LogP contribution is -2.50. The van der Waals surface area contributed by atoms with E-state index in [2.05, 4.69) is 31.8 Å². The van der Waals surface area contributed by atoms with Gasteiger partial charge in [-0.2, -0.15) is 0 Å². The minimum atomic E-state index is -3.23. The van der Waals surface area contributed by atoms with Crippen LogP contribution in [-0.4, -0.2) is 45.9 Å². The maximum Gasteiger partial charge on any atom is 0.213 e. The number of aldehydes is 1. The molecule has 0 aromatic rings. The van der Waals surface area contributed by atoms with E-state index in [1.54, 1.807) is 4.31 Å². The van der Waals surface area contributed by atoms with Gasteiger partial charge in [0, 0.05) is 27.1 Å². The lowest BCUT2D eigenvalue weighted by Gasteiger charge is -2.42. The predicted molar refractivity (Wildman–Crippen MR) is 88.4 cm³/mol. The SMILES string of the molecule is C[Si](C)(C)CCS(=O)(=O)N1CC(C=O)[C@@H]2CC=CC[C@@H]2C1. The topological polar surface area (TPSA) is 54.5 Å². The predicted octanol–water partition coefficient (Wildman–Crippen LogP) is 2.37. The van der Waals surface area contributed by atoms with Crippen LogP contribution in [0.4, 0.5) is 0 Å². The number of piperidine rings is 1. The molecule has 1 unspecified atom stereocenters. The van der Waals surface area contributed by atoms with Crippen molar-refractivity contribution in [2.24, 2.45) is 17.8 Å². The zero-order valence-corrected chi connectivity index (χ0v) is 15.1. The number of sulfonamides is 1. The zero-order chi connectivity index (χ0) is 15.7. The molecule has 0 aromatic carbocycles. The van der Waals surface area contributed by atoms with Crippen molar-refractivity contribution in [3.8, 4) is 0 Å². The van der Waals surface area contributed by atoms with Gasteiger partial charge in [0.05, 0.1) is 5.75 Å². The van der Waals surface area contributed by atoms with Gasteiger partial charge >= 0.3 is 0 Å². The molecule has 0 spiro atoms. The van der Waals surface area contributed by atoms with Gasteiger partial charge in [-0.05, 0) is 30.7 Å². The third-order valence-corrected chi connectivity index (χ3v) is 8.62. The Balaban J connectivity index is 2.09. The summed E-state index contributed by atoms with van der Waals surface area (Å²) in [7, 11) is -4.60. The van der Waals surface area contributed by atoms with Crippen molar-refractivity contribution < 1.29 is 13.2 Å². The molecule has 0 bridgehead atoms. The first-order chi connectivity index (χ1) is 9.73. The first-order valence-corrected chi connectivity index (χ1v) is 13.1. The lowest BCUT2D eigenvalue weighted by molar-refractivity contribution is -0.114. The summed E-state index contributed by atoms with van der Waals surface area (Å²) in [4.78, 5) is 11.4. The summed E-state index contributed by atoms with van der Waals surface area (Å²) in [6.07, 6.45) is 7.04. The van der Waals surface area contributed by atoms with E-state index in [1.807, 2.05) is 0 Å². The minimum Gasteiger partial charge on any atom is -0.303 e. The van der Waals surface area contributed by atoms with Crippen LogP contribution in [0.15, 0.2) is 12.2 Å². The van der Waals surface area contributed by atoms with Crippen molar-refractivity contribution in [2.75, 3.05) is 18.8 Å². The maximum atomic E-state index is 12.6. The highest BCUT2D eigenvalue weighted by atomic mass is 32.2. The van der Waals surface area contributed by atoms with Gasteiger partial charge in [-0.1, -0.05) is 31.8 Å². The molecular weight excluding hydrogens is 302 g/mol. The molecule has 1 fully saturated rings. The quantitative estimate of drug-likeness (QED) is 0.442. The van der Waals surface area contributed by atoms with E-state index < -0.39 is 18.1 Å². The number of nitrogens with zero attached hydrogens (tertiary/aromatic N) is 1. The second-order valence-corrected chi connectivity index (χ2v) is 15.3. The molecule has 0 N–H and O–H groups in total. The van der Waals surface area contributed by atoms with Gasteiger partial charge in [-0.3, -0.25) is 0 Å². The molecule has 3 atom stereocenters. The summed E-state index contributed by atoms with van der Waals surface area (Å²) in [6, 6.07) is 0.783. The highest BCUT2D eigenvalue weighted by Gasteiger charge is 2.40. The van der Waals surface area contributed by atoms with Crippen molar-refractivity contribution in [3.05, 3.63) is 12.2 Å². The van der Waals surface area contributed by atoms with E-state index in [9.17, 15) is 13.2 Å². The Morgan fingerprint density at radius 1 is 1.19 bits per heavy atom. The average molecular weight is 330 g/mol. The monoisotopic (exact) mass is 329 g/mol. The van der Waals surface area contributed by atoms with Crippen LogP contribution in [0.1, 0.15) is 12.8 Å². The number of hydrogen-bond acceptors (Lipinski definition) is 3.